The number of para-hydroxylation sites is 4. The molecule has 0 aliphatic rings. The van der Waals surface area contributed by atoms with Gasteiger partial charge in [0.25, 0.3) is 0 Å². The number of hydrogen-bond acceptors (Lipinski definition) is 4. The Bertz CT molecular complexity index is 2250. The van der Waals surface area contributed by atoms with Crippen molar-refractivity contribution in [3.8, 4) is 22.5 Å². The molecule has 3 aromatic heterocycles. The molecular weight excluding hydrogens is 599 g/mol. The zero-order chi connectivity index (χ0) is 35.3. The normalized spacial score (nSPS) is 13.3. The van der Waals surface area contributed by atoms with Crippen molar-refractivity contribution in [2.45, 2.75) is 105 Å². The average Bonchev–Trinajstić information content (AvgIpc) is 3.40. The maximum atomic E-state index is 5.37. The summed E-state index contributed by atoms with van der Waals surface area (Å²) < 4.78 is 0. The molecule has 0 spiro atoms. The van der Waals surface area contributed by atoms with Crippen LogP contribution in [0.2, 0.25) is 0 Å². The third-order valence-corrected chi connectivity index (χ3v) is 9.62. The zero-order valence-corrected chi connectivity index (χ0v) is 31.2. The topological polar surface area (TPSA) is 67.3 Å². The van der Waals surface area contributed by atoms with Crippen molar-refractivity contribution in [2.75, 3.05) is 0 Å². The van der Waals surface area contributed by atoms with Gasteiger partial charge in [0.1, 0.15) is 0 Å². The van der Waals surface area contributed by atoms with Gasteiger partial charge in [-0.25, -0.2) is 19.9 Å². The Morgan fingerprint density at radius 1 is 0.408 bits per heavy atom. The van der Waals surface area contributed by atoms with Crippen LogP contribution in [0.5, 0.6) is 0 Å². The van der Waals surface area contributed by atoms with Crippen LogP contribution >= 0.6 is 0 Å². The van der Waals surface area contributed by atoms with E-state index in [1.807, 2.05) is 24.3 Å². The molecule has 7 aromatic rings. The number of benzene rings is 4. The largest absolute Gasteiger partial charge is 0.353 e. The third kappa shape index (κ3) is 5.77. The number of aromatic nitrogens is 5. The minimum atomic E-state index is -0.227. The first kappa shape index (κ1) is 32.9. The van der Waals surface area contributed by atoms with Crippen molar-refractivity contribution >= 4 is 43.9 Å². The van der Waals surface area contributed by atoms with Crippen LogP contribution < -0.4 is 0 Å². The molecule has 0 bridgehead atoms. The van der Waals surface area contributed by atoms with Crippen LogP contribution in [0.1, 0.15) is 106 Å². The van der Waals surface area contributed by atoms with E-state index in [0.29, 0.717) is 0 Å². The first-order valence-corrected chi connectivity index (χ1v) is 17.5. The van der Waals surface area contributed by atoms with E-state index in [1.54, 1.807) is 0 Å². The predicted octanol–water partition coefficient (Wildman–Crippen LogP) is 11.7. The second-order valence-electron chi connectivity index (χ2n) is 17.8. The summed E-state index contributed by atoms with van der Waals surface area (Å²) in [6.45, 7) is 27.1. The van der Waals surface area contributed by atoms with E-state index in [4.69, 9.17) is 19.9 Å². The molecule has 4 aromatic carbocycles. The number of fused-ring (bicyclic) bond motifs is 5. The van der Waals surface area contributed by atoms with E-state index in [-0.39, 0.29) is 21.7 Å². The van der Waals surface area contributed by atoms with Crippen molar-refractivity contribution < 1.29 is 0 Å². The van der Waals surface area contributed by atoms with E-state index in [0.717, 1.165) is 67.0 Å². The Morgan fingerprint density at radius 2 is 0.735 bits per heavy atom. The van der Waals surface area contributed by atoms with Crippen LogP contribution in [0.15, 0.2) is 72.8 Å². The van der Waals surface area contributed by atoms with Gasteiger partial charge in [0, 0.05) is 32.7 Å². The van der Waals surface area contributed by atoms with Crippen molar-refractivity contribution in [3.05, 3.63) is 95.3 Å². The van der Waals surface area contributed by atoms with Gasteiger partial charge in [-0.05, 0) is 70.5 Å². The number of H-pyrrole nitrogens is 1. The minimum Gasteiger partial charge on any atom is -0.353 e. The van der Waals surface area contributed by atoms with Crippen LogP contribution in [0.25, 0.3) is 66.4 Å². The molecular formula is C44H49N5. The summed E-state index contributed by atoms with van der Waals surface area (Å²) >= 11 is 0. The number of rotatable bonds is 2. The minimum absolute atomic E-state index is 0.0909. The second kappa shape index (κ2) is 10.9. The fourth-order valence-electron chi connectivity index (χ4n) is 6.76. The molecule has 0 amide bonds. The summed E-state index contributed by atoms with van der Waals surface area (Å²) in [5.74, 6) is 0. The Balaban J connectivity index is 1.67. The van der Waals surface area contributed by atoms with Gasteiger partial charge >= 0.3 is 0 Å². The average molecular weight is 648 g/mol. The number of nitrogens with zero attached hydrogens (tertiary/aromatic N) is 4. The lowest BCUT2D eigenvalue weighted by Gasteiger charge is -2.24. The van der Waals surface area contributed by atoms with Crippen molar-refractivity contribution in [2.24, 2.45) is 0 Å². The van der Waals surface area contributed by atoms with Crippen LogP contribution in [-0.4, -0.2) is 24.9 Å². The molecule has 5 nitrogen and oxygen atoms in total. The van der Waals surface area contributed by atoms with E-state index < -0.39 is 0 Å². The van der Waals surface area contributed by atoms with Crippen LogP contribution in [0.4, 0.5) is 0 Å². The summed E-state index contributed by atoms with van der Waals surface area (Å²) in [5.41, 5.74) is 13.6. The first-order chi connectivity index (χ1) is 22.8. The van der Waals surface area contributed by atoms with Gasteiger partial charge in [-0.1, -0.05) is 107 Å². The smallest absolute Gasteiger partial charge is 0.0951 e. The SMILES string of the molecule is CC(C)(C)c1cc(-c2nc3ccccc3nc2C(C)(C)C)c2[nH]c3c(-c4nc5ccccc5nc4C(C)(C)C)cc(C(C)(C)C)cc3c2c1. The maximum Gasteiger partial charge on any atom is 0.0951 e. The summed E-state index contributed by atoms with van der Waals surface area (Å²) in [5, 5.41) is 2.37. The molecule has 5 heteroatoms. The molecule has 0 saturated heterocycles. The lowest BCUT2D eigenvalue weighted by molar-refractivity contribution is 0.570. The fourth-order valence-corrected chi connectivity index (χ4v) is 6.76. The molecule has 250 valence electrons. The summed E-state index contributed by atoms with van der Waals surface area (Å²) in [4.78, 5) is 25.2. The van der Waals surface area contributed by atoms with Crippen molar-refractivity contribution in [1.29, 1.82) is 0 Å². The maximum absolute atomic E-state index is 5.37. The Kier molecular flexibility index (Phi) is 7.34. The molecule has 7 rings (SSSR count). The van der Waals surface area contributed by atoms with E-state index >= 15 is 0 Å². The van der Waals surface area contributed by atoms with Gasteiger partial charge in [0.05, 0.1) is 55.9 Å². The van der Waals surface area contributed by atoms with Crippen molar-refractivity contribution in [1.82, 2.24) is 24.9 Å². The third-order valence-electron chi connectivity index (χ3n) is 9.62. The summed E-state index contributed by atoms with van der Waals surface area (Å²) in [7, 11) is 0. The van der Waals surface area contributed by atoms with Gasteiger partial charge in [-0.15, -0.1) is 0 Å². The van der Waals surface area contributed by atoms with Gasteiger partial charge in [0.15, 0.2) is 0 Å². The highest BCUT2D eigenvalue weighted by molar-refractivity contribution is 6.16. The number of hydrogen-bond donors (Lipinski definition) is 1. The predicted molar refractivity (Wildman–Crippen MR) is 208 cm³/mol. The molecule has 0 unspecified atom stereocenters. The fraction of sp³-hybridized carbons (Fsp3) is 0.364. The molecule has 0 aliphatic carbocycles. The number of nitrogens with one attached hydrogen (secondary N) is 1. The van der Waals surface area contributed by atoms with E-state index in [9.17, 15) is 0 Å². The van der Waals surface area contributed by atoms with Crippen LogP contribution in [0, 0.1) is 0 Å². The molecule has 0 aliphatic heterocycles. The number of aromatic amines is 1. The highest BCUT2D eigenvalue weighted by atomic mass is 14.9. The molecule has 3 heterocycles. The Hall–Kier alpha value is -4.64. The van der Waals surface area contributed by atoms with Gasteiger partial charge in [-0.2, -0.15) is 0 Å². The highest BCUT2D eigenvalue weighted by Crippen LogP contribution is 2.45. The molecule has 0 radical (unpaired) electrons. The van der Waals surface area contributed by atoms with Gasteiger partial charge in [0.2, 0.25) is 0 Å². The zero-order valence-electron chi connectivity index (χ0n) is 31.2. The van der Waals surface area contributed by atoms with Gasteiger partial charge < -0.3 is 4.98 Å². The lowest BCUT2D eigenvalue weighted by Crippen LogP contribution is -2.17. The molecule has 49 heavy (non-hydrogen) atoms. The second-order valence-corrected chi connectivity index (χ2v) is 17.8. The summed E-state index contributed by atoms with van der Waals surface area (Å²) in [6, 6.07) is 25.9. The molecule has 0 saturated carbocycles. The van der Waals surface area contributed by atoms with E-state index in [2.05, 4.69) is 137 Å². The highest BCUT2D eigenvalue weighted by Gasteiger charge is 2.30. The van der Waals surface area contributed by atoms with Gasteiger partial charge in [-0.3, -0.25) is 0 Å². The molecule has 0 atom stereocenters. The summed E-state index contributed by atoms with van der Waals surface area (Å²) in [6.07, 6.45) is 0. The molecule has 1 N–H and O–H groups in total. The van der Waals surface area contributed by atoms with E-state index in [1.165, 1.54) is 21.9 Å². The Labute approximate surface area is 290 Å². The standard InChI is InChI=1S/C44H49N5/c1-41(2,3)25-21-27-28-22-26(42(4,5)6)24-30(38-40(44(10,11)12)48-34-20-16-14-18-32(34)46-38)36(28)49-35(27)29(23-25)37-39(43(7,8)9)47-33-19-15-13-17-31(33)45-37/h13-24,49H,1-12H3. The van der Waals surface area contributed by atoms with Crippen LogP contribution in [0.3, 0.4) is 0 Å². The quantitative estimate of drug-likeness (QED) is 0.203. The Morgan fingerprint density at radius 3 is 1.04 bits per heavy atom. The molecule has 0 fully saturated rings. The first-order valence-electron chi connectivity index (χ1n) is 17.5. The van der Waals surface area contributed by atoms with Crippen LogP contribution in [-0.2, 0) is 21.7 Å². The monoisotopic (exact) mass is 647 g/mol. The van der Waals surface area contributed by atoms with Crippen molar-refractivity contribution in [3.63, 3.8) is 0 Å². The lowest BCUT2D eigenvalue weighted by atomic mass is 9.81.